The van der Waals surface area contributed by atoms with Crippen molar-refractivity contribution in [1.82, 2.24) is 9.97 Å². The average Bonchev–Trinajstić information content (AvgIpc) is 3.03. The van der Waals surface area contributed by atoms with Crippen molar-refractivity contribution in [3.63, 3.8) is 0 Å². The zero-order chi connectivity index (χ0) is 14.5. The molecule has 1 aromatic heterocycles. The number of benzene rings is 1. The molecule has 21 heavy (non-hydrogen) atoms. The monoisotopic (exact) mass is 282 g/mol. The molecule has 2 aromatic rings. The topological polar surface area (TPSA) is 41.1 Å². The molecule has 0 spiro atoms. The fourth-order valence-electron chi connectivity index (χ4n) is 2.68. The fourth-order valence-corrected chi connectivity index (χ4v) is 2.68. The SMILES string of the molecule is CCCc1cc(N2CCCC2)nc(Nc2ccccc2)n1. The van der Waals surface area contributed by atoms with Gasteiger partial charge in [0, 0.05) is 30.5 Å². The molecule has 0 amide bonds. The highest BCUT2D eigenvalue weighted by Crippen LogP contribution is 2.22. The third kappa shape index (κ3) is 3.51. The van der Waals surface area contributed by atoms with Gasteiger partial charge >= 0.3 is 0 Å². The average molecular weight is 282 g/mol. The Morgan fingerprint density at radius 1 is 1.10 bits per heavy atom. The number of hydrogen-bond donors (Lipinski definition) is 1. The normalized spacial score (nSPS) is 14.4. The van der Waals surface area contributed by atoms with E-state index in [0.717, 1.165) is 43.1 Å². The Bertz CT molecular complexity index is 577. The predicted octanol–water partition coefficient (Wildman–Crippen LogP) is 3.77. The van der Waals surface area contributed by atoms with Gasteiger partial charge in [-0.1, -0.05) is 31.5 Å². The van der Waals surface area contributed by atoms with Crippen LogP contribution in [0.15, 0.2) is 36.4 Å². The number of para-hydroxylation sites is 1. The van der Waals surface area contributed by atoms with Gasteiger partial charge in [-0.3, -0.25) is 0 Å². The number of aryl methyl sites for hydroxylation is 1. The first kappa shape index (κ1) is 13.9. The van der Waals surface area contributed by atoms with Crippen molar-refractivity contribution < 1.29 is 0 Å². The molecule has 2 heterocycles. The van der Waals surface area contributed by atoms with Crippen LogP contribution in [-0.4, -0.2) is 23.1 Å². The first-order valence-corrected chi connectivity index (χ1v) is 7.80. The quantitative estimate of drug-likeness (QED) is 0.906. The summed E-state index contributed by atoms with van der Waals surface area (Å²) in [6, 6.07) is 12.2. The van der Waals surface area contributed by atoms with Crippen LogP contribution in [0.25, 0.3) is 0 Å². The standard InChI is InChI=1S/C17H22N4/c1-2-8-15-13-16(21-11-6-7-12-21)20-17(19-15)18-14-9-4-3-5-10-14/h3-5,9-10,13H,2,6-8,11-12H2,1H3,(H,18,19,20). The van der Waals surface area contributed by atoms with E-state index in [1.54, 1.807) is 0 Å². The lowest BCUT2D eigenvalue weighted by atomic mass is 10.2. The van der Waals surface area contributed by atoms with E-state index in [1.807, 2.05) is 30.3 Å². The molecule has 3 rings (SSSR count). The van der Waals surface area contributed by atoms with E-state index in [0.29, 0.717) is 5.95 Å². The molecule has 1 N–H and O–H groups in total. The first-order valence-electron chi connectivity index (χ1n) is 7.80. The minimum Gasteiger partial charge on any atom is -0.356 e. The summed E-state index contributed by atoms with van der Waals surface area (Å²) in [6.45, 7) is 4.39. The summed E-state index contributed by atoms with van der Waals surface area (Å²) in [5.74, 6) is 1.76. The number of hydrogen-bond acceptors (Lipinski definition) is 4. The van der Waals surface area contributed by atoms with E-state index in [4.69, 9.17) is 4.98 Å². The predicted molar refractivity (Wildman–Crippen MR) is 87.2 cm³/mol. The smallest absolute Gasteiger partial charge is 0.229 e. The van der Waals surface area contributed by atoms with Crippen molar-refractivity contribution in [2.24, 2.45) is 0 Å². The summed E-state index contributed by atoms with van der Waals surface area (Å²) in [4.78, 5) is 11.7. The van der Waals surface area contributed by atoms with Gasteiger partial charge in [-0.25, -0.2) is 4.98 Å². The summed E-state index contributed by atoms with van der Waals surface area (Å²) in [5.41, 5.74) is 2.14. The summed E-state index contributed by atoms with van der Waals surface area (Å²) in [5, 5.41) is 3.32. The van der Waals surface area contributed by atoms with Crippen molar-refractivity contribution in [3.05, 3.63) is 42.1 Å². The molecule has 1 aliphatic rings. The minimum atomic E-state index is 0.703. The largest absolute Gasteiger partial charge is 0.356 e. The second-order valence-electron chi connectivity index (χ2n) is 5.48. The molecule has 1 aliphatic heterocycles. The molecule has 0 atom stereocenters. The van der Waals surface area contributed by atoms with Crippen LogP contribution in [0.1, 0.15) is 31.9 Å². The van der Waals surface area contributed by atoms with Gasteiger partial charge in [-0.05, 0) is 31.4 Å². The van der Waals surface area contributed by atoms with Crippen LogP contribution in [0.4, 0.5) is 17.5 Å². The Kier molecular flexibility index (Phi) is 4.34. The zero-order valence-electron chi connectivity index (χ0n) is 12.5. The molecule has 1 saturated heterocycles. The van der Waals surface area contributed by atoms with E-state index in [1.165, 1.54) is 12.8 Å². The molecule has 0 saturated carbocycles. The van der Waals surface area contributed by atoms with Gasteiger partial charge < -0.3 is 10.2 Å². The van der Waals surface area contributed by atoms with E-state index in [-0.39, 0.29) is 0 Å². The Labute approximate surface area is 126 Å². The van der Waals surface area contributed by atoms with Gasteiger partial charge in [-0.15, -0.1) is 0 Å². The van der Waals surface area contributed by atoms with Gasteiger partial charge in [0.1, 0.15) is 5.82 Å². The summed E-state index contributed by atoms with van der Waals surface area (Å²) in [6.07, 6.45) is 4.61. The van der Waals surface area contributed by atoms with Crippen LogP contribution in [0.2, 0.25) is 0 Å². The molecule has 4 nitrogen and oxygen atoms in total. The van der Waals surface area contributed by atoms with Crippen LogP contribution in [-0.2, 0) is 6.42 Å². The van der Waals surface area contributed by atoms with E-state index < -0.39 is 0 Å². The van der Waals surface area contributed by atoms with Gasteiger partial charge in [-0.2, -0.15) is 4.98 Å². The van der Waals surface area contributed by atoms with E-state index in [2.05, 4.69) is 28.2 Å². The molecule has 1 fully saturated rings. The highest BCUT2D eigenvalue weighted by Gasteiger charge is 2.15. The zero-order valence-corrected chi connectivity index (χ0v) is 12.5. The summed E-state index contributed by atoms with van der Waals surface area (Å²) < 4.78 is 0. The van der Waals surface area contributed by atoms with Crippen LogP contribution in [0, 0.1) is 0 Å². The molecular weight excluding hydrogens is 260 g/mol. The number of anilines is 3. The maximum atomic E-state index is 4.70. The number of nitrogens with one attached hydrogen (secondary N) is 1. The van der Waals surface area contributed by atoms with Crippen LogP contribution < -0.4 is 10.2 Å². The van der Waals surface area contributed by atoms with E-state index in [9.17, 15) is 0 Å². The number of nitrogens with zero attached hydrogens (tertiary/aromatic N) is 3. The van der Waals surface area contributed by atoms with Gasteiger partial charge in [0.05, 0.1) is 0 Å². The third-order valence-electron chi connectivity index (χ3n) is 3.73. The lowest BCUT2D eigenvalue weighted by Gasteiger charge is -2.18. The maximum absolute atomic E-state index is 4.70. The third-order valence-corrected chi connectivity index (χ3v) is 3.73. The Morgan fingerprint density at radius 2 is 1.86 bits per heavy atom. The van der Waals surface area contributed by atoms with Crippen molar-refractivity contribution in [2.75, 3.05) is 23.3 Å². The molecule has 0 bridgehead atoms. The highest BCUT2D eigenvalue weighted by atomic mass is 15.2. The molecule has 0 radical (unpaired) electrons. The summed E-state index contributed by atoms with van der Waals surface area (Å²) >= 11 is 0. The second-order valence-corrected chi connectivity index (χ2v) is 5.48. The molecule has 1 aromatic carbocycles. The molecule has 0 aliphatic carbocycles. The Morgan fingerprint density at radius 3 is 2.57 bits per heavy atom. The minimum absolute atomic E-state index is 0.703. The van der Waals surface area contributed by atoms with Gasteiger partial charge in [0.25, 0.3) is 0 Å². The second kappa shape index (κ2) is 6.57. The lowest BCUT2D eigenvalue weighted by Crippen LogP contribution is -2.20. The van der Waals surface area contributed by atoms with Crippen LogP contribution >= 0.6 is 0 Å². The fraction of sp³-hybridized carbons (Fsp3) is 0.412. The molecule has 110 valence electrons. The van der Waals surface area contributed by atoms with Crippen LogP contribution in [0.3, 0.4) is 0 Å². The maximum Gasteiger partial charge on any atom is 0.229 e. The van der Waals surface area contributed by atoms with E-state index >= 15 is 0 Å². The molecule has 4 heteroatoms. The lowest BCUT2D eigenvalue weighted by molar-refractivity contribution is 0.859. The molecular formula is C17H22N4. The van der Waals surface area contributed by atoms with Crippen molar-refractivity contribution in [2.45, 2.75) is 32.6 Å². The highest BCUT2D eigenvalue weighted by molar-refractivity contribution is 5.55. The first-order chi connectivity index (χ1) is 10.3. The van der Waals surface area contributed by atoms with Crippen molar-refractivity contribution in [3.8, 4) is 0 Å². The molecule has 0 unspecified atom stereocenters. The van der Waals surface area contributed by atoms with Gasteiger partial charge in [0.15, 0.2) is 0 Å². The Hall–Kier alpha value is -2.10. The number of aromatic nitrogens is 2. The van der Waals surface area contributed by atoms with Crippen molar-refractivity contribution in [1.29, 1.82) is 0 Å². The van der Waals surface area contributed by atoms with Gasteiger partial charge in [0.2, 0.25) is 5.95 Å². The summed E-state index contributed by atoms with van der Waals surface area (Å²) in [7, 11) is 0. The number of rotatable bonds is 5. The van der Waals surface area contributed by atoms with Crippen LogP contribution in [0.5, 0.6) is 0 Å². The van der Waals surface area contributed by atoms with Crippen molar-refractivity contribution >= 4 is 17.5 Å². The Balaban J connectivity index is 1.87.